The molecule has 0 aliphatic heterocycles. The lowest BCUT2D eigenvalue weighted by molar-refractivity contribution is -0.569. The predicted octanol–water partition coefficient (Wildman–Crippen LogP) is -0.350. The molecule has 0 spiro atoms. The standard InChI is InChI=1S/C9H8F3NO2/c10-9(11,12)6-1-3-7(4-2-6)13-5-8(14)15/h1-4,13H,5H2,(H,14,15). The molecule has 0 unspecified atom stereocenters. The fourth-order valence-corrected chi connectivity index (χ4v) is 1.01. The van der Waals surface area contributed by atoms with Crippen molar-refractivity contribution in [2.75, 3.05) is 6.54 Å². The van der Waals surface area contributed by atoms with Crippen LogP contribution in [0.4, 0.5) is 18.9 Å². The number of nitrogens with two attached hydrogens (primary N) is 1. The third-order valence-electron chi connectivity index (χ3n) is 1.74. The SMILES string of the molecule is O=C([O-])C[NH2+]c1ccc(C(F)(F)F)cc1. The lowest BCUT2D eigenvalue weighted by Gasteiger charge is -2.06. The number of benzene rings is 1. The molecule has 3 nitrogen and oxygen atoms in total. The number of carbonyl (C=O) groups is 1. The smallest absolute Gasteiger partial charge is 0.416 e. The Hall–Kier alpha value is -1.56. The predicted molar refractivity (Wildman–Crippen MR) is 42.9 cm³/mol. The Bertz CT molecular complexity index is 345. The Morgan fingerprint density at radius 3 is 2.20 bits per heavy atom. The number of aliphatic carboxylic acids is 1. The van der Waals surface area contributed by atoms with E-state index < -0.39 is 17.7 Å². The van der Waals surface area contributed by atoms with E-state index in [0.29, 0.717) is 5.69 Å². The van der Waals surface area contributed by atoms with Gasteiger partial charge in [0.2, 0.25) is 0 Å². The Morgan fingerprint density at radius 1 is 1.27 bits per heavy atom. The summed E-state index contributed by atoms with van der Waals surface area (Å²) in [7, 11) is 0. The quantitative estimate of drug-likeness (QED) is 0.706. The Morgan fingerprint density at radius 2 is 1.80 bits per heavy atom. The van der Waals surface area contributed by atoms with Gasteiger partial charge in [-0.05, 0) is 24.3 Å². The van der Waals surface area contributed by atoms with Gasteiger partial charge >= 0.3 is 6.18 Å². The van der Waals surface area contributed by atoms with Crippen molar-refractivity contribution in [1.82, 2.24) is 0 Å². The summed E-state index contributed by atoms with van der Waals surface area (Å²) in [6.07, 6.45) is -4.37. The first-order valence-corrected chi connectivity index (χ1v) is 4.10. The Labute approximate surface area is 83.5 Å². The Kier molecular flexibility index (Phi) is 3.31. The average Bonchev–Trinajstić information content (AvgIpc) is 2.14. The van der Waals surface area contributed by atoms with Crippen molar-refractivity contribution >= 4 is 11.7 Å². The number of alkyl halides is 3. The van der Waals surface area contributed by atoms with E-state index >= 15 is 0 Å². The third kappa shape index (κ3) is 3.59. The molecule has 0 aliphatic rings. The summed E-state index contributed by atoms with van der Waals surface area (Å²) in [5.41, 5.74) is -0.333. The molecular weight excluding hydrogens is 211 g/mol. The summed E-state index contributed by atoms with van der Waals surface area (Å²) in [5.74, 6) is -1.27. The topological polar surface area (TPSA) is 56.7 Å². The molecule has 15 heavy (non-hydrogen) atoms. The van der Waals surface area contributed by atoms with Gasteiger partial charge in [-0.3, -0.25) is 0 Å². The van der Waals surface area contributed by atoms with Gasteiger partial charge < -0.3 is 15.2 Å². The lowest BCUT2D eigenvalue weighted by Crippen LogP contribution is -2.81. The zero-order valence-electron chi connectivity index (χ0n) is 7.54. The van der Waals surface area contributed by atoms with Crippen LogP contribution in [0.3, 0.4) is 0 Å². The van der Waals surface area contributed by atoms with Crippen molar-refractivity contribution in [2.24, 2.45) is 0 Å². The molecule has 0 atom stereocenters. The van der Waals surface area contributed by atoms with Gasteiger partial charge in [-0.25, -0.2) is 0 Å². The second kappa shape index (κ2) is 4.31. The summed E-state index contributed by atoms with van der Waals surface area (Å²) in [4.78, 5) is 10.1. The minimum absolute atomic E-state index is 0.314. The first kappa shape index (κ1) is 11.5. The molecule has 0 saturated carbocycles. The van der Waals surface area contributed by atoms with Gasteiger partial charge in [0, 0.05) is 0 Å². The largest absolute Gasteiger partial charge is 0.544 e. The molecule has 1 rings (SSSR count). The zero-order chi connectivity index (χ0) is 11.5. The van der Waals surface area contributed by atoms with Gasteiger partial charge in [0.05, 0.1) is 11.5 Å². The van der Waals surface area contributed by atoms with Crippen LogP contribution in [-0.4, -0.2) is 12.5 Å². The first-order valence-electron chi connectivity index (χ1n) is 4.10. The molecule has 0 radical (unpaired) electrons. The fraction of sp³-hybridized carbons (Fsp3) is 0.222. The van der Waals surface area contributed by atoms with E-state index in [2.05, 4.69) is 0 Å². The van der Waals surface area contributed by atoms with Crippen molar-refractivity contribution in [3.63, 3.8) is 0 Å². The molecular formula is C9H8F3NO2. The van der Waals surface area contributed by atoms with Gasteiger partial charge in [-0.15, -0.1) is 0 Å². The highest BCUT2D eigenvalue weighted by Crippen LogP contribution is 2.29. The molecule has 2 N–H and O–H groups in total. The van der Waals surface area contributed by atoms with Gasteiger partial charge in [0.25, 0.3) is 0 Å². The van der Waals surface area contributed by atoms with E-state index in [1.165, 1.54) is 17.4 Å². The van der Waals surface area contributed by atoms with Crippen molar-refractivity contribution in [2.45, 2.75) is 6.18 Å². The third-order valence-corrected chi connectivity index (χ3v) is 1.74. The van der Waals surface area contributed by atoms with Crippen LogP contribution in [0, 0.1) is 0 Å². The van der Waals surface area contributed by atoms with Gasteiger partial charge in [0.1, 0.15) is 12.2 Å². The first-order chi connectivity index (χ1) is 6.89. The number of carboxylic acids is 1. The van der Waals surface area contributed by atoms with Crippen LogP contribution < -0.4 is 10.4 Å². The average molecular weight is 219 g/mol. The molecule has 0 heterocycles. The normalized spacial score (nSPS) is 11.4. The summed E-state index contributed by atoms with van der Waals surface area (Å²) in [6, 6.07) is 4.24. The Balaban J connectivity index is 2.69. The molecule has 82 valence electrons. The molecule has 1 aromatic carbocycles. The van der Waals surface area contributed by atoms with Crippen LogP contribution in [-0.2, 0) is 11.0 Å². The highest BCUT2D eigenvalue weighted by molar-refractivity contribution is 5.65. The fourth-order valence-electron chi connectivity index (χ4n) is 1.01. The van der Waals surface area contributed by atoms with E-state index in [1.807, 2.05) is 0 Å². The lowest BCUT2D eigenvalue weighted by atomic mass is 10.2. The molecule has 0 bridgehead atoms. The van der Waals surface area contributed by atoms with E-state index in [9.17, 15) is 23.1 Å². The highest BCUT2D eigenvalue weighted by Gasteiger charge is 2.30. The van der Waals surface area contributed by atoms with Crippen LogP contribution >= 0.6 is 0 Å². The van der Waals surface area contributed by atoms with E-state index in [0.717, 1.165) is 12.1 Å². The maximum Gasteiger partial charge on any atom is 0.416 e. The molecule has 0 aromatic heterocycles. The van der Waals surface area contributed by atoms with Crippen LogP contribution in [0.1, 0.15) is 5.56 Å². The van der Waals surface area contributed by atoms with Crippen LogP contribution in [0.2, 0.25) is 0 Å². The van der Waals surface area contributed by atoms with Crippen molar-refractivity contribution in [3.05, 3.63) is 29.8 Å². The number of rotatable bonds is 3. The van der Waals surface area contributed by atoms with Gasteiger partial charge in [0.15, 0.2) is 0 Å². The maximum atomic E-state index is 12.1. The minimum Gasteiger partial charge on any atom is -0.544 e. The van der Waals surface area contributed by atoms with Gasteiger partial charge in [-0.1, -0.05) is 0 Å². The molecule has 1 aromatic rings. The maximum absolute atomic E-state index is 12.1. The molecule has 0 saturated heterocycles. The summed E-state index contributed by atoms with van der Waals surface area (Å²) < 4.78 is 36.4. The molecule has 0 aliphatic carbocycles. The van der Waals surface area contributed by atoms with E-state index in [1.54, 1.807) is 0 Å². The number of hydrogen-bond donors (Lipinski definition) is 1. The van der Waals surface area contributed by atoms with Crippen LogP contribution in [0.15, 0.2) is 24.3 Å². The van der Waals surface area contributed by atoms with E-state index in [-0.39, 0.29) is 6.54 Å². The second-order valence-corrected chi connectivity index (χ2v) is 2.90. The number of halogens is 3. The number of carboxylic acid groups (broad SMARTS) is 1. The number of carbonyl (C=O) groups excluding carboxylic acids is 1. The van der Waals surface area contributed by atoms with Crippen LogP contribution in [0.25, 0.3) is 0 Å². The summed E-state index contributed by atoms with van der Waals surface area (Å²) >= 11 is 0. The van der Waals surface area contributed by atoms with Crippen molar-refractivity contribution < 1.29 is 28.4 Å². The van der Waals surface area contributed by atoms with E-state index in [4.69, 9.17) is 0 Å². The summed E-state index contributed by atoms with van der Waals surface area (Å²) in [6.45, 7) is -0.314. The van der Waals surface area contributed by atoms with Gasteiger partial charge in [-0.2, -0.15) is 13.2 Å². The number of quaternary nitrogens is 1. The van der Waals surface area contributed by atoms with Crippen LogP contribution in [0.5, 0.6) is 0 Å². The highest BCUT2D eigenvalue weighted by atomic mass is 19.4. The van der Waals surface area contributed by atoms with Crippen molar-refractivity contribution in [1.29, 1.82) is 0 Å². The molecule has 0 fully saturated rings. The minimum atomic E-state index is -4.37. The zero-order valence-corrected chi connectivity index (χ0v) is 7.54. The summed E-state index contributed by atoms with van der Waals surface area (Å²) in [5, 5.41) is 11.4. The monoisotopic (exact) mass is 219 g/mol. The van der Waals surface area contributed by atoms with Crippen molar-refractivity contribution in [3.8, 4) is 0 Å². The second-order valence-electron chi connectivity index (χ2n) is 2.90. The number of hydrogen-bond acceptors (Lipinski definition) is 2. The molecule has 0 amide bonds. The molecule has 6 heteroatoms.